The van der Waals surface area contributed by atoms with Crippen LogP contribution in [0.1, 0.15) is 50.0 Å². The van der Waals surface area contributed by atoms with Gasteiger partial charge in [0.2, 0.25) is 0 Å². The monoisotopic (exact) mass is 346 g/mol. The van der Waals surface area contributed by atoms with Crippen LogP contribution < -0.4 is 0 Å². The number of benzene rings is 1. The summed E-state index contributed by atoms with van der Waals surface area (Å²) < 4.78 is 5.01. The third kappa shape index (κ3) is 5.56. The maximum Gasteiger partial charge on any atom is 0.320 e. The van der Waals surface area contributed by atoms with Crippen LogP contribution in [0.15, 0.2) is 24.3 Å². The molecule has 1 aliphatic rings. The summed E-state index contributed by atoms with van der Waals surface area (Å²) in [6.07, 6.45) is 0.866. The number of esters is 1. The fraction of sp³-hybridized carbons (Fsp3) is 0.600. The number of hydrogen-bond acceptors (Lipinski definition) is 4. The molecule has 1 aromatic rings. The molecule has 0 bridgehead atoms. The molecule has 1 aliphatic heterocycles. The van der Waals surface area contributed by atoms with Crippen LogP contribution in [0.2, 0.25) is 0 Å². The Kier molecular flexibility index (Phi) is 6.59. The van der Waals surface area contributed by atoms with Gasteiger partial charge in [0, 0.05) is 31.7 Å². The maximum atomic E-state index is 12.8. The van der Waals surface area contributed by atoms with Gasteiger partial charge in [0.05, 0.1) is 13.2 Å². The second-order valence-electron chi connectivity index (χ2n) is 7.55. The lowest BCUT2D eigenvalue weighted by atomic mass is 9.86. The van der Waals surface area contributed by atoms with Gasteiger partial charge in [-0.2, -0.15) is 0 Å². The molecule has 0 saturated carbocycles. The molecule has 1 saturated heterocycles. The van der Waals surface area contributed by atoms with Crippen LogP contribution in [-0.2, 0) is 14.9 Å². The average Bonchev–Trinajstić information content (AvgIpc) is 2.79. The quantitative estimate of drug-likeness (QED) is 0.787. The predicted molar refractivity (Wildman–Crippen MR) is 98.7 cm³/mol. The molecule has 1 fully saturated rings. The molecule has 0 radical (unpaired) electrons. The van der Waals surface area contributed by atoms with Gasteiger partial charge >= 0.3 is 5.97 Å². The topological polar surface area (TPSA) is 49.9 Å². The summed E-state index contributed by atoms with van der Waals surface area (Å²) in [6, 6.07) is 7.92. The van der Waals surface area contributed by atoms with E-state index in [1.807, 2.05) is 36.1 Å². The molecule has 1 heterocycles. The number of amides is 1. The van der Waals surface area contributed by atoms with Crippen molar-refractivity contribution in [2.75, 3.05) is 39.3 Å². The molecule has 5 nitrogen and oxygen atoms in total. The van der Waals surface area contributed by atoms with E-state index in [0.717, 1.165) is 25.1 Å². The zero-order valence-electron chi connectivity index (χ0n) is 15.9. The van der Waals surface area contributed by atoms with Crippen LogP contribution in [0.25, 0.3) is 0 Å². The van der Waals surface area contributed by atoms with Crippen molar-refractivity contribution in [1.82, 2.24) is 9.80 Å². The molecule has 2 rings (SSSR count). The molecular formula is C20H30N2O3. The molecule has 1 aromatic carbocycles. The van der Waals surface area contributed by atoms with Crippen molar-refractivity contribution in [3.05, 3.63) is 35.4 Å². The van der Waals surface area contributed by atoms with Crippen molar-refractivity contribution in [3.63, 3.8) is 0 Å². The van der Waals surface area contributed by atoms with Crippen LogP contribution in [0.5, 0.6) is 0 Å². The minimum atomic E-state index is -0.194. The molecule has 0 aromatic heterocycles. The second-order valence-corrected chi connectivity index (χ2v) is 7.55. The van der Waals surface area contributed by atoms with Gasteiger partial charge in [-0.3, -0.25) is 14.5 Å². The van der Waals surface area contributed by atoms with E-state index in [9.17, 15) is 9.59 Å². The predicted octanol–water partition coefficient (Wildman–Crippen LogP) is 2.70. The van der Waals surface area contributed by atoms with E-state index in [1.54, 1.807) is 0 Å². The second kappa shape index (κ2) is 8.48. The van der Waals surface area contributed by atoms with Gasteiger partial charge in [-0.1, -0.05) is 32.9 Å². The summed E-state index contributed by atoms with van der Waals surface area (Å²) in [5.74, 6) is -0.126. The molecule has 0 spiro atoms. The summed E-state index contributed by atoms with van der Waals surface area (Å²) in [5, 5.41) is 0. The van der Waals surface area contributed by atoms with E-state index >= 15 is 0 Å². The third-order valence-electron chi connectivity index (χ3n) is 4.53. The first-order valence-corrected chi connectivity index (χ1v) is 9.09. The molecule has 5 heteroatoms. The number of carbonyl (C=O) groups is 2. The van der Waals surface area contributed by atoms with E-state index in [1.165, 1.54) is 5.56 Å². The highest BCUT2D eigenvalue weighted by atomic mass is 16.5. The molecule has 0 N–H and O–H groups in total. The van der Waals surface area contributed by atoms with E-state index in [2.05, 4.69) is 25.7 Å². The van der Waals surface area contributed by atoms with Crippen LogP contribution in [0, 0.1) is 0 Å². The Morgan fingerprint density at radius 1 is 1.04 bits per heavy atom. The van der Waals surface area contributed by atoms with E-state index in [0.29, 0.717) is 26.2 Å². The first-order chi connectivity index (χ1) is 11.8. The first kappa shape index (κ1) is 19.4. The first-order valence-electron chi connectivity index (χ1n) is 9.09. The average molecular weight is 346 g/mol. The molecule has 0 aliphatic carbocycles. The SMILES string of the molecule is CCOC(=O)CN1CCCN(C(=O)c2ccc(C(C)(C)C)cc2)CC1. The summed E-state index contributed by atoms with van der Waals surface area (Å²) in [5.41, 5.74) is 2.03. The smallest absolute Gasteiger partial charge is 0.320 e. The minimum absolute atomic E-state index is 0.0680. The standard InChI is InChI=1S/C20H30N2O3/c1-5-25-18(23)15-21-11-6-12-22(14-13-21)19(24)16-7-9-17(10-8-16)20(2,3)4/h7-10H,5-6,11-15H2,1-4H3. The molecule has 0 unspecified atom stereocenters. The molecule has 138 valence electrons. The number of rotatable bonds is 4. The van der Waals surface area contributed by atoms with Crippen molar-refractivity contribution < 1.29 is 14.3 Å². The Hall–Kier alpha value is -1.88. The molecule has 25 heavy (non-hydrogen) atoms. The van der Waals surface area contributed by atoms with Crippen molar-refractivity contribution in [2.24, 2.45) is 0 Å². The molecule has 0 atom stereocenters. The lowest BCUT2D eigenvalue weighted by Gasteiger charge is -2.23. The van der Waals surface area contributed by atoms with Gasteiger partial charge in [0.1, 0.15) is 0 Å². The van der Waals surface area contributed by atoms with Gasteiger partial charge in [-0.15, -0.1) is 0 Å². The maximum absolute atomic E-state index is 12.8. The van der Waals surface area contributed by atoms with Crippen molar-refractivity contribution >= 4 is 11.9 Å². The van der Waals surface area contributed by atoms with Gasteiger partial charge in [0.15, 0.2) is 0 Å². The zero-order chi connectivity index (χ0) is 18.4. The van der Waals surface area contributed by atoms with Crippen molar-refractivity contribution in [3.8, 4) is 0 Å². The largest absolute Gasteiger partial charge is 0.465 e. The van der Waals surface area contributed by atoms with Crippen LogP contribution in [0.4, 0.5) is 0 Å². The Morgan fingerprint density at radius 3 is 2.32 bits per heavy atom. The van der Waals surface area contributed by atoms with Crippen LogP contribution >= 0.6 is 0 Å². The Labute approximate surface area is 150 Å². The summed E-state index contributed by atoms with van der Waals surface area (Å²) in [6.45, 7) is 11.9. The fourth-order valence-corrected chi connectivity index (χ4v) is 3.02. The lowest BCUT2D eigenvalue weighted by molar-refractivity contribution is -0.144. The Morgan fingerprint density at radius 2 is 1.72 bits per heavy atom. The molecular weight excluding hydrogens is 316 g/mol. The highest BCUT2D eigenvalue weighted by Gasteiger charge is 2.22. The van der Waals surface area contributed by atoms with Gasteiger partial charge in [-0.05, 0) is 36.5 Å². The number of carbonyl (C=O) groups excluding carboxylic acids is 2. The van der Waals surface area contributed by atoms with Crippen LogP contribution in [-0.4, -0.2) is 61.0 Å². The van der Waals surface area contributed by atoms with Crippen LogP contribution in [0.3, 0.4) is 0 Å². The fourth-order valence-electron chi connectivity index (χ4n) is 3.02. The van der Waals surface area contributed by atoms with E-state index in [-0.39, 0.29) is 17.3 Å². The third-order valence-corrected chi connectivity index (χ3v) is 4.53. The Bertz CT molecular complexity index is 590. The normalized spacial score (nSPS) is 16.4. The lowest BCUT2D eigenvalue weighted by Crippen LogP contribution is -2.37. The number of nitrogens with zero attached hydrogens (tertiary/aromatic N) is 2. The highest BCUT2D eigenvalue weighted by molar-refractivity contribution is 5.94. The van der Waals surface area contributed by atoms with E-state index < -0.39 is 0 Å². The summed E-state index contributed by atoms with van der Waals surface area (Å²) in [4.78, 5) is 28.3. The molecule has 1 amide bonds. The van der Waals surface area contributed by atoms with Crippen molar-refractivity contribution in [1.29, 1.82) is 0 Å². The number of hydrogen-bond donors (Lipinski definition) is 0. The minimum Gasteiger partial charge on any atom is -0.465 e. The van der Waals surface area contributed by atoms with Gasteiger partial charge in [0.25, 0.3) is 5.91 Å². The van der Waals surface area contributed by atoms with Gasteiger partial charge in [-0.25, -0.2) is 0 Å². The Balaban J connectivity index is 1.95. The summed E-state index contributed by atoms with van der Waals surface area (Å²) in [7, 11) is 0. The van der Waals surface area contributed by atoms with Gasteiger partial charge < -0.3 is 9.64 Å². The highest BCUT2D eigenvalue weighted by Crippen LogP contribution is 2.22. The van der Waals surface area contributed by atoms with Crippen molar-refractivity contribution in [2.45, 2.75) is 39.5 Å². The summed E-state index contributed by atoms with van der Waals surface area (Å²) >= 11 is 0. The van der Waals surface area contributed by atoms with E-state index in [4.69, 9.17) is 4.74 Å². The number of ether oxygens (including phenoxy) is 1. The zero-order valence-corrected chi connectivity index (χ0v) is 15.9.